The van der Waals surface area contributed by atoms with Gasteiger partial charge in [-0.15, -0.1) is 0 Å². The summed E-state index contributed by atoms with van der Waals surface area (Å²) in [5, 5.41) is 15.6. The topological polar surface area (TPSA) is 136 Å². The summed E-state index contributed by atoms with van der Waals surface area (Å²) in [4.78, 5) is 34.7. The van der Waals surface area contributed by atoms with E-state index in [4.69, 9.17) is 4.74 Å². The van der Waals surface area contributed by atoms with Crippen molar-refractivity contribution in [1.82, 2.24) is 20.3 Å². The molecule has 0 fully saturated rings. The number of imidazole rings is 1. The third kappa shape index (κ3) is 7.36. The van der Waals surface area contributed by atoms with Crippen molar-refractivity contribution in [2.24, 2.45) is 0 Å². The number of hydrogen-bond donors (Lipinski definition) is 4. The van der Waals surface area contributed by atoms with E-state index in [1.807, 2.05) is 37.3 Å². The number of nitriles is 1. The molecule has 9 nitrogen and oxygen atoms in total. The van der Waals surface area contributed by atoms with E-state index in [2.05, 4.69) is 32.2 Å². The zero-order valence-corrected chi connectivity index (χ0v) is 22.6. The first-order chi connectivity index (χ1) is 19.8. The number of hydrogen-bond acceptors (Lipinski definition) is 6. The maximum absolute atomic E-state index is 13.4. The second-order valence-corrected chi connectivity index (χ2v) is 9.23. The number of benzene rings is 2. The Bertz CT molecular complexity index is 1710. The van der Waals surface area contributed by atoms with Crippen LogP contribution in [0.3, 0.4) is 0 Å². The molecule has 10 heteroatoms. The van der Waals surface area contributed by atoms with E-state index in [1.54, 1.807) is 37.3 Å². The van der Waals surface area contributed by atoms with Crippen LogP contribution in [-0.2, 0) is 0 Å². The highest BCUT2D eigenvalue weighted by molar-refractivity contribution is 5.99. The number of aromatic amines is 2. The lowest BCUT2D eigenvalue weighted by Gasteiger charge is -2.22. The van der Waals surface area contributed by atoms with Crippen LogP contribution in [0.25, 0.3) is 11.0 Å². The number of ether oxygens (including phenoxy) is 1. The number of carbonyl (C=O) groups is 1. The number of fused-ring (bicyclic) bond motifs is 1. The predicted molar refractivity (Wildman–Crippen MR) is 156 cm³/mol. The number of allylic oxidation sites excluding steroid dienone is 3. The molecule has 2 heterocycles. The van der Waals surface area contributed by atoms with Crippen LogP contribution >= 0.6 is 0 Å². The Morgan fingerprint density at radius 1 is 1.17 bits per heavy atom. The minimum atomic E-state index is -0.529. The highest BCUT2D eigenvalue weighted by Crippen LogP contribution is 2.22. The van der Waals surface area contributed by atoms with E-state index in [0.717, 1.165) is 0 Å². The molecule has 0 unspecified atom stereocenters. The van der Waals surface area contributed by atoms with Crippen LogP contribution in [0.4, 0.5) is 10.2 Å². The summed E-state index contributed by atoms with van der Waals surface area (Å²) in [6, 6.07) is 13.5. The van der Waals surface area contributed by atoms with E-state index in [-0.39, 0.29) is 35.1 Å². The second kappa shape index (κ2) is 13.1. The van der Waals surface area contributed by atoms with Crippen molar-refractivity contribution in [3.8, 4) is 11.8 Å². The summed E-state index contributed by atoms with van der Waals surface area (Å²) >= 11 is 0. The van der Waals surface area contributed by atoms with Crippen LogP contribution in [0.15, 0.2) is 96.0 Å². The fourth-order valence-corrected chi connectivity index (χ4v) is 4.02. The van der Waals surface area contributed by atoms with Crippen LogP contribution in [0, 0.1) is 17.1 Å². The summed E-state index contributed by atoms with van der Waals surface area (Å²) in [7, 11) is 0. The second-order valence-electron chi connectivity index (χ2n) is 9.23. The Morgan fingerprint density at radius 3 is 2.66 bits per heavy atom. The van der Waals surface area contributed by atoms with Gasteiger partial charge in [0.25, 0.3) is 5.91 Å². The summed E-state index contributed by atoms with van der Waals surface area (Å²) in [6.45, 7) is 7.94. The predicted octanol–water partition coefficient (Wildman–Crippen LogP) is 5.30. The molecule has 0 aliphatic carbocycles. The monoisotopic (exact) mass is 552 g/mol. The smallest absolute Gasteiger partial charge is 0.323 e. The third-order valence-electron chi connectivity index (χ3n) is 6.26. The van der Waals surface area contributed by atoms with Gasteiger partial charge >= 0.3 is 5.69 Å². The minimum Gasteiger partial charge on any atom is -0.491 e. The molecule has 0 spiro atoms. The van der Waals surface area contributed by atoms with Crippen LogP contribution in [0.5, 0.6) is 5.75 Å². The van der Waals surface area contributed by atoms with E-state index in [9.17, 15) is 19.2 Å². The zero-order chi connectivity index (χ0) is 29.4. The van der Waals surface area contributed by atoms with Crippen LogP contribution in [0.2, 0.25) is 0 Å². The Labute approximate surface area is 236 Å². The van der Waals surface area contributed by atoms with E-state index in [1.165, 1.54) is 24.4 Å². The number of rotatable bonds is 11. The number of H-pyrrole nitrogens is 2. The van der Waals surface area contributed by atoms with Crippen molar-refractivity contribution in [3.05, 3.63) is 124 Å². The van der Waals surface area contributed by atoms with Crippen molar-refractivity contribution in [1.29, 1.82) is 5.26 Å². The lowest BCUT2D eigenvalue weighted by Crippen LogP contribution is -2.32. The van der Waals surface area contributed by atoms with Crippen LogP contribution < -0.4 is 21.1 Å². The highest BCUT2D eigenvalue weighted by atomic mass is 19.1. The van der Waals surface area contributed by atoms with Gasteiger partial charge in [-0.25, -0.2) is 14.2 Å². The van der Waals surface area contributed by atoms with Gasteiger partial charge < -0.3 is 25.3 Å². The minimum absolute atomic E-state index is 0.105. The van der Waals surface area contributed by atoms with Gasteiger partial charge in [0.15, 0.2) is 0 Å². The zero-order valence-electron chi connectivity index (χ0n) is 22.6. The molecular weight excluding hydrogens is 523 g/mol. The molecule has 4 N–H and O–H groups in total. The summed E-state index contributed by atoms with van der Waals surface area (Å²) < 4.78 is 19.4. The van der Waals surface area contributed by atoms with Crippen molar-refractivity contribution in [2.75, 3.05) is 11.9 Å². The van der Waals surface area contributed by atoms with E-state index >= 15 is 0 Å². The first-order valence-electron chi connectivity index (χ1n) is 12.8. The van der Waals surface area contributed by atoms with Gasteiger partial charge in [0, 0.05) is 12.3 Å². The fraction of sp³-hybridized carbons (Fsp3) is 0.161. The van der Waals surface area contributed by atoms with Crippen LogP contribution in [-0.4, -0.2) is 33.5 Å². The Balaban J connectivity index is 1.59. The average Bonchev–Trinajstić information content (AvgIpc) is 3.34. The molecule has 208 valence electrons. The SMILES string of the molecule is C=C(/C=C\C=C/C)[C@H](COc1ccc2[nH]c(=O)[nH]c2c1)Nc1ncc(C#N)cc1C(=O)N[C@@H](C)c1ccc(F)cc1. The lowest BCUT2D eigenvalue weighted by molar-refractivity contribution is 0.0940. The molecule has 0 aliphatic rings. The normalized spacial score (nSPS) is 12.7. The maximum Gasteiger partial charge on any atom is 0.323 e. The summed E-state index contributed by atoms with van der Waals surface area (Å²) in [5.74, 6) is -0.0930. The molecular formula is C31H29FN6O3. The average molecular weight is 553 g/mol. The molecule has 1 amide bonds. The Kier molecular flexibility index (Phi) is 9.12. The molecule has 4 rings (SSSR count). The number of pyridine rings is 1. The number of anilines is 1. The van der Waals surface area contributed by atoms with Crippen molar-refractivity contribution in [2.45, 2.75) is 25.9 Å². The van der Waals surface area contributed by atoms with Gasteiger partial charge in [0.2, 0.25) is 0 Å². The van der Waals surface area contributed by atoms with Crippen molar-refractivity contribution < 1.29 is 13.9 Å². The molecule has 0 saturated heterocycles. The number of carbonyl (C=O) groups excluding carboxylic acids is 1. The highest BCUT2D eigenvalue weighted by Gasteiger charge is 2.21. The molecule has 41 heavy (non-hydrogen) atoms. The maximum atomic E-state index is 13.4. The summed E-state index contributed by atoms with van der Waals surface area (Å²) in [6.07, 6.45) is 8.75. The number of amides is 1. The van der Waals surface area contributed by atoms with E-state index in [0.29, 0.717) is 27.9 Å². The number of aromatic nitrogens is 3. The van der Waals surface area contributed by atoms with Gasteiger partial charge in [0.1, 0.15) is 30.1 Å². The number of halogens is 1. The Hall–Kier alpha value is -5.43. The van der Waals surface area contributed by atoms with Crippen LogP contribution in [0.1, 0.15) is 41.4 Å². The fourth-order valence-electron chi connectivity index (χ4n) is 4.02. The molecule has 0 saturated carbocycles. The van der Waals surface area contributed by atoms with Crippen molar-refractivity contribution in [3.63, 3.8) is 0 Å². The summed E-state index contributed by atoms with van der Waals surface area (Å²) in [5.41, 5.74) is 2.67. The van der Waals surface area contributed by atoms with Gasteiger partial charge in [-0.3, -0.25) is 4.79 Å². The Morgan fingerprint density at radius 2 is 1.93 bits per heavy atom. The van der Waals surface area contributed by atoms with Gasteiger partial charge in [-0.05, 0) is 55.3 Å². The molecule has 2 aromatic carbocycles. The molecule has 0 bridgehead atoms. The molecule has 2 aromatic heterocycles. The molecule has 0 radical (unpaired) electrons. The number of nitrogens with one attached hydrogen (secondary N) is 4. The van der Waals surface area contributed by atoms with E-state index < -0.39 is 18.0 Å². The van der Waals surface area contributed by atoms with Gasteiger partial charge in [-0.1, -0.05) is 43.0 Å². The molecule has 0 aliphatic heterocycles. The molecule has 2 atom stereocenters. The number of nitrogens with zero attached hydrogens (tertiary/aromatic N) is 2. The quantitative estimate of drug-likeness (QED) is 0.187. The largest absolute Gasteiger partial charge is 0.491 e. The standard InChI is InChI=1S/C31H29FN6O3/c1-4-5-6-7-19(2)28(18-41-24-12-13-26-27(15-24)38-31(40)37-26)36-29-25(14-21(16-33)17-34-29)30(39)35-20(3)22-8-10-23(32)11-9-22/h4-15,17,20,28H,2,18H2,1,3H3,(H,34,36)(H,35,39)(H2,37,38,40)/b5-4-,7-6-/t20-,28-/m0/s1. The first kappa shape index (κ1) is 28.6. The third-order valence-corrected chi connectivity index (χ3v) is 6.26. The first-order valence-corrected chi connectivity index (χ1v) is 12.8. The lowest BCUT2D eigenvalue weighted by atomic mass is 10.1. The van der Waals surface area contributed by atoms with Crippen molar-refractivity contribution >= 4 is 22.8 Å². The van der Waals surface area contributed by atoms with Gasteiger partial charge in [0.05, 0.1) is 34.2 Å². The van der Waals surface area contributed by atoms with Gasteiger partial charge in [-0.2, -0.15) is 5.26 Å². The molecule has 4 aromatic rings.